The normalized spacial score (nSPS) is 11.1. The van der Waals surface area contributed by atoms with Gasteiger partial charge in [0.15, 0.2) is 11.5 Å². The maximum Gasteiger partial charge on any atom is 0.247 e. The van der Waals surface area contributed by atoms with Crippen molar-refractivity contribution < 1.29 is 14.3 Å². The molecule has 4 aromatic rings. The highest BCUT2D eigenvalue weighted by molar-refractivity contribution is 5.86. The largest absolute Gasteiger partial charge is 0.493 e. The Morgan fingerprint density at radius 2 is 1.53 bits per heavy atom. The number of ether oxygens (including phenoxy) is 2. The summed E-state index contributed by atoms with van der Waals surface area (Å²) in [6, 6.07) is 33.5. The molecule has 0 saturated carbocycles. The Balaban J connectivity index is 1.56. The summed E-state index contributed by atoms with van der Waals surface area (Å²) in [5.74, 6) is 0.932. The van der Waals surface area contributed by atoms with Gasteiger partial charge in [-0.15, -0.1) is 0 Å². The molecule has 0 aromatic heterocycles. The molecule has 6 nitrogen and oxygen atoms in total. The van der Waals surface area contributed by atoms with Crippen molar-refractivity contribution in [3.8, 4) is 17.6 Å². The summed E-state index contributed by atoms with van der Waals surface area (Å²) in [4.78, 5) is 13.3. The van der Waals surface area contributed by atoms with E-state index in [0.717, 1.165) is 16.8 Å². The van der Waals surface area contributed by atoms with E-state index in [9.17, 15) is 4.79 Å². The van der Waals surface area contributed by atoms with E-state index in [-0.39, 0.29) is 5.91 Å². The Kier molecular flexibility index (Phi) is 8.18. The van der Waals surface area contributed by atoms with E-state index in [4.69, 9.17) is 14.7 Å². The SMILES string of the molecule is COc1cc([C@H](Nc2ccc(C#N)cc2)C(=O)NCc2ccccc2)ccc1OCc1ccccc1. The molecule has 0 heterocycles. The second kappa shape index (κ2) is 12.1. The zero-order chi connectivity index (χ0) is 25.2. The highest BCUT2D eigenvalue weighted by Crippen LogP contribution is 2.32. The smallest absolute Gasteiger partial charge is 0.247 e. The Hall–Kier alpha value is -4.76. The Labute approximate surface area is 211 Å². The van der Waals surface area contributed by atoms with Gasteiger partial charge in [0, 0.05) is 12.2 Å². The zero-order valence-corrected chi connectivity index (χ0v) is 20.0. The Morgan fingerprint density at radius 3 is 2.17 bits per heavy atom. The van der Waals surface area contributed by atoms with Crippen LogP contribution < -0.4 is 20.1 Å². The minimum absolute atomic E-state index is 0.191. The van der Waals surface area contributed by atoms with Crippen molar-refractivity contribution in [1.82, 2.24) is 5.32 Å². The number of carbonyl (C=O) groups is 1. The molecule has 0 aliphatic rings. The van der Waals surface area contributed by atoms with Gasteiger partial charge in [0.1, 0.15) is 12.6 Å². The van der Waals surface area contributed by atoms with Gasteiger partial charge < -0.3 is 20.1 Å². The summed E-state index contributed by atoms with van der Waals surface area (Å²) in [5.41, 5.74) is 4.03. The lowest BCUT2D eigenvalue weighted by Crippen LogP contribution is -2.33. The fourth-order valence-electron chi connectivity index (χ4n) is 3.71. The van der Waals surface area contributed by atoms with Crippen molar-refractivity contribution in [3.05, 3.63) is 125 Å². The van der Waals surface area contributed by atoms with Gasteiger partial charge >= 0.3 is 0 Å². The van der Waals surface area contributed by atoms with Crippen molar-refractivity contribution in [2.75, 3.05) is 12.4 Å². The minimum Gasteiger partial charge on any atom is -0.493 e. The lowest BCUT2D eigenvalue weighted by molar-refractivity contribution is -0.122. The van der Waals surface area contributed by atoms with Crippen LogP contribution in [0.25, 0.3) is 0 Å². The van der Waals surface area contributed by atoms with Crippen molar-refractivity contribution >= 4 is 11.6 Å². The number of rotatable bonds is 10. The van der Waals surface area contributed by atoms with E-state index < -0.39 is 6.04 Å². The minimum atomic E-state index is -0.696. The molecule has 0 aliphatic carbocycles. The lowest BCUT2D eigenvalue weighted by Gasteiger charge is -2.21. The van der Waals surface area contributed by atoms with E-state index in [1.54, 1.807) is 31.4 Å². The highest BCUT2D eigenvalue weighted by atomic mass is 16.5. The van der Waals surface area contributed by atoms with Crippen LogP contribution in [0.4, 0.5) is 5.69 Å². The number of nitrogens with one attached hydrogen (secondary N) is 2. The summed E-state index contributed by atoms with van der Waals surface area (Å²) < 4.78 is 11.6. The average Bonchev–Trinajstić information content (AvgIpc) is 2.95. The molecule has 2 N–H and O–H groups in total. The first-order valence-corrected chi connectivity index (χ1v) is 11.6. The molecule has 0 bridgehead atoms. The van der Waals surface area contributed by atoms with Gasteiger partial charge in [-0.2, -0.15) is 5.26 Å². The van der Waals surface area contributed by atoms with Crippen molar-refractivity contribution in [2.45, 2.75) is 19.2 Å². The van der Waals surface area contributed by atoms with Crippen LogP contribution in [0, 0.1) is 11.3 Å². The summed E-state index contributed by atoms with van der Waals surface area (Å²) in [6.07, 6.45) is 0. The van der Waals surface area contributed by atoms with Crippen LogP contribution in [0.3, 0.4) is 0 Å². The van der Waals surface area contributed by atoms with Gasteiger partial charge in [-0.05, 0) is 53.1 Å². The molecule has 0 fully saturated rings. The van der Waals surface area contributed by atoms with Gasteiger partial charge in [-0.25, -0.2) is 0 Å². The number of anilines is 1. The molecular formula is C30H27N3O3. The van der Waals surface area contributed by atoms with Crippen LogP contribution in [0.15, 0.2) is 103 Å². The molecule has 6 heteroatoms. The standard InChI is InChI=1S/C30H27N3O3/c1-35-28-18-25(14-17-27(28)36-21-24-10-6-3-7-11-24)29(33-26-15-12-22(19-31)13-16-26)30(34)32-20-23-8-4-2-5-9-23/h2-18,29,33H,20-21H2,1H3,(H,32,34)/t29-/m0/s1. The van der Waals surface area contributed by atoms with E-state index in [1.807, 2.05) is 78.9 Å². The summed E-state index contributed by atoms with van der Waals surface area (Å²) in [5, 5.41) is 15.4. The number of nitrogens with zero attached hydrogens (tertiary/aromatic N) is 1. The summed E-state index contributed by atoms with van der Waals surface area (Å²) >= 11 is 0. The highest BCUT2D eigenvalue weighted by Gasteiger charge is 2.22. The molecule has 1 amide bonds. The number of methoxy groups -OCH3 is 1. The monoisotopic (exact) mass is 477 g/mol. The number of carbonyl (C=O) groups excluding carboxylic acids is 1. The van der Waals surface area contributed by atoms with Gasteiger partial charge in [0.05, 0.1) is 18.7 Å². The average molecular weight is 478 g/mol. The van der Waals surface area contributed by atoms with Gasteiger partial charge in [-0.3, -0.25) is 4.79 Å². The lowest BCUT2D eigenvalue weighted by atomic mass is 10.0. The topological polar surface area (TPSA) is 83.4 Å². The summed E-state index contributed by atoms with van der Waals surface area (Å²) in [7, 11) is 1.58. The first kappa shape index (κ1) is 24.4. The molecule has 180 valence electrons. The number of hydrogen-bond acceptors (Lipinski definition) is 5. The molecule has 0 unspecified atom stereocenters. The third-order valence-corrected chi connectivity index (χ3v) is 5.65. The molecule has 1 atom stereocenters. The second-order valence-corrected chi connectivity index (χ2v) is 8.15. The zero-order valence-electron chi connectivity index (χ0n) is 20.0. The van der Waals surface area contributed by atoms with Crippen molar-refractivity contribution in [3.63, 3.8) is 0 Å². The Morgan fingerprint density at radius 1 is 0.861 bits per heavy atom. The van der Waals surface area contributed by atoms with Crippen molar-refractivity contribution in [2.24, 2.45) is 0 Å². The predicted molar refractivity (Wildman–Crippen MR) is 140 cm³/mol. The molecule has 0 aliphatic heterocycles. The fraction of sp³-hybridized carbons (Fsp3) is 0.133. The number of nitriles is 1. The number of hydrogen-bond donors (Lipinski definition) is 2. The predicted octanol–water partition coefficient (Wildman–Crippen LogP) is 5.62. The van der Waals surface area contributed by atoms with E-state index in [0.29, 0.717) is 35.8 Å². The van der Waals surface area contributed by atoms with Crippen LogP contribution in [-0.4, -0.2) is 13.0 Å². The third kappa shape index (κ3) is 6.43. The fourth-order valence-corrected chi connectivity index (χ4v) is 3.71. The van der Waals surface area contributed by atoms with Crippen LogP contribution in [0.1, 0.15) is 28.3 Å². The van der Waals surface area contributed by atoms with Crippen LogP contribution in [-0.2, 0) is 17.9 Å². The second-order valence-electron chi connectivity index (χ2n) is 8.15. The molecule has 4 rings (SSSR count). The van der Waals surface area contributed by atoms with E-state index in [2.05, 4.69) is 16.7 Å². The molecule has 0 saturated heterocycles. The van der Waals surface area contributed by atoms with Crippen LogP contribution in [0.2, 0.25) is 0 Å². The molecule has 0 spiro atoms. The number of benzene rings is 4. The maximum absolute atomic E-state index is 13.3. The van der Waals surface area contributed by atoms with Gasteiger partial charge in [-0.1, -0.05) is 66.7 Å². The molecule has 0 radical (unpaired) electrons. The van der Waals surface area contributed by atoms with E-state index in [1.165, 1.54) is 0 Å². The first-order valence-electron chi connectivity index (χ1n) is 11.6. The van der Waals surface area contributed by atoms with Crippen molar-refractivity contribution in [1.29, 1.82) is 5.26 Å². The summed E-state index contributed by atoms with van der Waals surface area (Å²) in [6.45, 7) is 0.807. The van der Waals surface area contributed by atoms with Gasteiger partial charge in [0.2, 0.25) is 5.91 Å². The maximum atomic E-state index is 13.3. The quantitative estimate of drug-likeness (QED) is 0.310. The van der Waals surface area contributed by atoms with Gasteiger partial charge in [0.25, 0.3) is 0 Å². The van der Waals surface area contributed by atoms with E-state index >= 15 is 0 Å². The van der Waals surface area contributed by atoms with Crippen LogP contribution >= 0.6 is 0 Å². The molecule has 36 heavy (non-hydrogen) atoms. The number of amides is 1. The first-order chi connectivity index (χ1) is 17.7. The molecule has 4 aromatic carbocycles. The van der Waals surface area contributed by atoms with Crippen LogP contribution in [0.5, 0.6) is 11.5 Å². The molecular weight excluding hydrogens is 450 g/mol. The third-order valence-electron chi connectivity index (χ3n) is 5.65. The Bertz CT molecular complexity index is 1320.